The highest BCUT2D eigenvalue weighted by Gasteiger charge is 2.08. The van der Waals surface area contributed by atoms with Crippen LogP contribution in [-0.4, -0.2) is 27.6 Å². The van der Waals surface area contributed by atoms with Crippen molar-refractivity contribution < 1.29 is 22.7 Å². The van der Waals surface area contributed by atoms with Crippen LogP contribution in [0.15, 0.2) is 29.2 Å². The molecule has 7 heteroatoms. The molecule has 0 amide bonds. The summed E-state index contributed by atoms with van der Waals surface area (Å²) in [6.45, 7) is 1.76. The van der Waals surface area contributed by atoms with E-state index in [1.807, 2.05) is 0 Å². The van der Waals surface area contributed by atoms with Gasteiger partial charge in [0.05, 0.1) is 11.5 Å². The molecule has 0 unspecified atom stereocenters. The Morgan fingerprint density at radius 2 is 1.88 bits per heavy atom. The normalized spacial score (nSPS) is 10.9. The third-order valence-corrected chi connectivity index (χ3v) is 2.74. The zero-order valence-electron chi connectivity index (χ0n) is 9.25. The second-order valence-electron chi connectivity index (χ2n) is 3.11. The average Bonchev–Trinajstić information content (AvgIpc) is 2.26. The number of primary sulfonamides is 1. The molecule has 0 aliphatic rings. The number of esters is 1. The lowest BCUT2D eigenvalue weighted by Crippen LogP contribution is -2.15. The maximum absolute atomic E-state index is 11.0. The van der Waals surface area contributed by atoms with Crippen molar-refractivity contribution in [1.82, 2.24) is 0 Å². The number of carbonyl (C=O) groups is 1. The quantitative estimate of drug-likeness (QED) is 0.766. The minimum atomic E-state index is -3.71. The Hall–Kier alpha value is -1.60. The van der Waals surface area contributed by atoms with Crippen LogP contribution in [-0.2, 0) is 19.6 Å². The first-order valence-corrected chi connectivity index (χ1v) is 6.39. The summed E-state index contributed by atoms with van der Waals surface area (Å²) in [5.41, 5.74) is 0. The minimum absolute atomic E-state index is 0.0130. The lowest BCUT2D eigenvalue weighted by Gasteiger charge is -2.06. The van der Waals surface area contributed by atoms with Gasteiger partial charge in [0, 0.05) is 0 Å². The smallest absolute Gasteiger partial charge is 0.344 e. The van der Waals surface area contributed by atoms with E-state index >= 15 is 0 Å². The van der Waals surface area contributed by atoms with Crippen LogP contribution in [0.2, 0.25) is 0 Å². The molecule has 0 spiro atoms. The van der Waals surface area contributed by atoms with Crippen molar-refractivity contribution in [3.8, 4) is 5.75 Å². The first kappa shape index (κ1) is 13.5. The molecule has 0 aliphatic carbocycles. The van der Waals surface area contributed by atoms with Gasteiger partial charge in [0.15, 0.2) is 6.61 Å². The van der Waals surface area contributed by atoms with Crippen molar-refractivity contribution in [3.05, 3.63) is 24.3 Å². The van der Waals surface area contributed by atoms with Gasteiger partial charge in [-0.05, 0) is 31.2 Å². The van der Waals surface area contributed by atoms with E-state index < -0.39 is 16.0 Å². The van der Waals surface area contributed by atoms with Gasteiger partial charge in [-0.3, -0.25) is 0 Å². The summed E-state index contributed by atoms with van der Waals surface area (Å²) in [6.07, 6.45) is 0. The molecule has 0 atom stereocenters. The number of hydrogen-bond donors (Lipinski definition) is 1. The number of benzene rings is 1. The van der Waals surface area contributed by atoms with Gasteiger partial charge < -0.3 is 9.47 Å². The molecule has 1 rings (SSSR count). The topological polar surface area (TPSA) is 95.7 Å². The van der Waals surface area contributed by atoms with Crippen LogP contribution in [0.3, 0.4) is 0 Å². The minimum Gasteiger partial charge on any atom is -0.482 e. The van der Waals surface area contributed by atoms with Crippen LogP contribution in [0.5, 0.6) is 5.75 Å². The van der Waals surface area contributed by atoms with Crippen molar-refractivity contribution in [2.45, 2.75) is 11.8 Å². The summed E-state index contributed by atoms with van der Waals surface area (Å²) in [5.74, 6) is -0.117. The Balaban J connectivity index is 2.60. The maximum atomic E-state index is 11.0. The molecule has 17 heavy (non-hydrogen) atoms. The summed E-state index contributed by atoms with van der Waals surface area (Å²) in [5, 5.41) is 4.93. The van der Waals surface area contributed by atoms with E-state index in [2.05, 4.69) is 4.74 Å². The number of carbonyl (C=O) groups excluding carboxylic acids is 1. The van der Waals surface area contributed by atoms with Crippen LogP contribution in [0.25, 0.3) is 0 Å². The second kappa shape index (κ2) is 5.65. The zero-order valence-corrected chi connectivity index (χ0v) is 10.1. The van der Waals surface area contributed by atoms with Crippen LogP contribution < -0.4 is 9.88 Å². The number of nitrogens with two attached hydrogens (primary N) is 1. The molecule has 0 aliphatic heterocycles. The molecule has 1 aromatic carbocycles. The van der Waals surface area contributed by atoms with E-state index in [1.54, 1.807) is 6.92 Å². The summed E-state index contributed by atoms with van der Waals surface area (Å²) in [4.78, 5) is 11.0. The Labute approximate surface area is 99.4 Å². The van der Waals surface area contributed by atoms with E-state index in [0.29, 0.717) is 5.75 Å². The fraction of sp³-hybridized carbons (Fsp3) is 0.300. The van der Waals surface area contributed by atoms with E-state index in [0.717, 1.165) is 0 Å². The van der Waals surface area contributed by atoms with Gasteiger partial charge in [0.2, 0.25) is 10.0 Å². The highest BCUT2D eigenvalue weighted by atomic mass is 32.2. The van der Waals surface area contributed by atoms with E-state index in [-0.39, 0.29) is 18.1 Å². The molecular weight excluding hydrogens is 246 g/mol. The monoisotopic (exact) mass is 259 g/mol. The molecule has 6 nitrogen and oxygen atoms in total. The van der Waals surface area contributed by atoms with Gasteiger partial charge in [-0.15, -0.1) is 0 Å². The van der Waals surface area contributed by atoms with Crippen molar-refractivity contribution in [1.29, 1.82) is 0 Å². The lowest BCUT2D eigenvalue weighted by atomic mass is 10.3. The Bertz CT molecular complexity index is 480. The van der Waals surface area contributed by atoms with Crippen molar-refractivity contribution in [2.75, 3.05) is 13.2 Å². The SMILES string of the molecule is CCOC(=O)COc1ccc(S(N)(=O)=O)cc1. The molecule has 2 N–H and O–H groups in total. The summed E-state index contributed by atoms with van der Waals surface area (Å²) in [6, 6.07) is 5.43. The Kier molecular flexibility index (Phi) is 4.47. The molecule has 0 saturated heterocycles. The molecule has 1 aromatic rings. The van der Waals surface area contributed by atoms with Crippen LogP contribution in [0.4, 0.5) is 0 Å². The molecule has 0 fully saturated rings. The fourth-order valence-electron chi connectivity index (χ4n) is 1.07. The average molecular weight is 259 g/mol. The zero-order chi connectivity index (χ0) is 12.9. The van der Waals surface area contributed by atoms with E-state index in [1.165, 1.54) is 24.3 Å². The molecule has 0 saturated carbocycles. The van der Waals surface area contributed by atoms with Gasteiger partial charge in [-0.2, -0.15) is 0 Å². The lowest BCUT2D eigenvalue weighted by molar-refractivity contribution is -0.145. The van der Waals surface area contributed by atoms with Crippen molar-refractivity contribution in [3.63, 3.8) is 0 Å². The van der Waals surface area contributed by atoms with Crippen LogP contribution >= 0.6 is 0 Å². The number of ether oxygens (including phenoxy) is 2. The summed E-state index contributed by atoms with van der Waals surface area (Å²) < 4.78 is 31.7. The molecular formula is C10H13NO5S. The fourth-order valence-corrected chi connectivity index (χ4v) is 1.59. The summed E-state index contributed by atoms with van der Waals surface area (Å²) in [7, 11) is -3.71. The first-order chi connectivity index (χ1) is 7.93. The van der Waals surface area contributed by atoms with Gasteiger partial charge in [0.25, 0.3) is 0 Å². The van der Waals surface area contributed by atoms with Crippen molar-refractivity contribution >= 4 is 16.0 Å². The molecule has 94 valence electrons. The van der Waals surface area contributed by atoms with E-state index in [4.69, 9.17) is 9.88 Å². The molecule has 0 heterocycles. The van der Waals surface area contributed by atoms with E-state index in [9.17, 15) is 13.2 Å². The van der Waals surface area contributed by atoms with Crippen LogP contribution in [0.1, 0.15) is 6.92 Å². The largest absolute Gasteiger partial charge is 0.482 e. The standard InChI is InChI=1S/C10H13NO5S/c1-2-15-10(12)7-16-8-3-5-9(6-4-8)17(11,13)14/h3-6H,2,7H2,1H3,(H2,11,13,14). The predicted octanol–water partition coefficient (Wildman–Crippen LogP) is 0.276. The van der Waals surface area contributed by atoms with Crippen LogP contribution in [0, 0.1) is 0 Å². The van der Waals surface area contributed by atoms with Gasteiger partial charge in [-0.1, -0.05) is 0 Å². The highest BCUT2D eigenvalue weighted by Crippen LogP contribution is 2.14. The van der Waals surface area contributed by atoms with Gasteiger partial charge >= 0.3 is 5.97 Å². The number of rotatable bonds is 5. The van der Waals surface area contributed by atoms with Gasteiger partial charge in [0.1, 0.15) is 5.75 Å². The summed E-state index contributed by atoms with van der Waals surface area (Å²) >= 11 is 0. The number of hydrogen-bond acceptors (Lipinski definition) is 5. The maximum Gasteiger partial charge on any atom is 0.344 e. The van der Waals surface area contributed by atoms with Crippen molar-refractivity contribution in [2.24, 2.45) is 5.14 Å². The predicted molar refractivity (Wildman–Crippen MR) is 59.9 cm³/mol. The number of sulfonamides is 1. The molecule has 0 radical (unpaired) electrons. The highest BCUT2D eigenvalue weighted by molar-refractivity contribution is 7.89. The second-order valence-corrected chi connectivity index (χ2v) is 4.67. The van der Waals surface area contributed by atoms with Gasteiger partial charge in [-0.25, -0.2) is 18.4 Å². The molecule has 0 aromatic heterocycles. The Morgan fingerprint density at radius 3 is 2.35 bits per heavy atom. The third-order valence-electron chi connectivity index (χ3n) is 1.81. The first-order valence-electron chi connectivity index (χ1n) is 4.84. The third kappa shape index (κ3) is 4.41. The Morgan fingerprint density at radius 1 is 1.29 bits per heavy atom. The molecule has 0 bridgehead atoms.